The van der Waals surface area contributed by atoms with E-state index in [-0.39, 0.29) is 24.8 Å². The maximum Gasteiger partial charge on any atom is 0.251 e. The van der Waals surface area contributed by atoms with Crippen LogP contribution in [0.15, 0.2) is 48.5 Å². The number of amides is 2. The summed E-state index contributed by atoms with van der Waals surface area (Å²) in [4.78, 5) is 29.0. The lowest BCUT2D eigenvalue weighted by Crippen LogP contribution is -2.28. The number of nitrogens with one attached hydrogen (secondary N) is 2. The van der Waals surface area contributed by atoms with Gasteiger partial charge in [-0.25, -0.2) is 4.98 Å². The number of anilines is 1. The summed E-state index contributed by atoms with van der Waals surface area (Å²) >= 11 is 0. The van der Waals surface area contributed by atoms with Crippen molar-refractivity contribution in [3.8, 4) is 0 Å². The normalized spacial score (nSPS) is 10.7. The Labute approximate surface area is 158 Å². The minimum Gasteiger partial charge on any atom is -0.352 e. The van der Waals surface area contributed by atoms with Crippen LogP contribution in [-0.4, -0.2) is 27.9 Å². The smallest absolute Gasteiger partial charge is 0.251 e. The van der Waals surface area contributed by atoms with Gasteiger partial charge in [-0.15, -0.1) is 0 Å². The van der Waals surface area contributed by atoms with Gasteiger partial charge in [0, 0.05) is 25.1 Å². The lowest BCUT2D eigenvalue weighted by atomic mass is 10.1. The van der Waals surface area contributed by atoms with Gasteiger partial charge in [0.15, 0.2) is 0 Å². The maximum atomic E-state index is 12.3. The van der Waals surface area contributed by atoms with Crippen molar-refractivity contribution >= 4 is 28.8 Å². The van der Waals surface area contributed by atoms with Gasteiger partial charge in [0.25, 0.3) is 5.91 Å². The van der Waals surface area contributed by atoms with Crippen molar-refractivity contribution in [1.29, 1.82) is 0 Å². The molecule has 0 bridgehead atoms. The first-order valence-corrected chi connectivity index (χ1v) is 9.18. The number of aromatic nitrogens is 2. The van der Waals surface area contributed by atoms with Crippen LogP contribution in [0.3, 0.4) is 0 Å². The number of carbonyl (C=O) groups excluding carboxylic acids is 2. The highest BCUT2D eigenvalue weighted by Gasteiger charge is 2.13. The highest BCUT2D eigenvalue weighted by Crippen LogP contribution is 2.20. The molecule has 1 aromatic heterocycles. The molecule has 0 saturated carbocycles. The van der Waals surface area contributed by atoms with Crippen LogP contribution >= 0.6 is 0 Å². The highest BCUT2D eigenvalue weighted by atomic mass is 16.2. The zero-order chi connectivity index (χ0) is 19.2. The summed E-state index contributed by atoms with van der Waals surface area (Å²) in [7, 11) is 0. The quantitative estimate of drug-likeness (QED) is 0.673. The van der Waals surface area contributed by atoms with Gasteiger partial charge in [-0.2, -0.15) is 0 Å². The molecule has 6 heteroatoms. The Morgan fingerprint density at radius 1 is 1.11 bits per heavy atom. The van der Waals surface area contributed by atoms with E-state index in [0.717, 1.165) is 29.6 Å². The van der Waals surface area contributed by atoms with Crippen LogP contribution in [-0.2, 0) is 11.3 Å². The molecular formula is C21H24N4O2. The standard InChI is InChI=1S/C21H24N4O2/c1-3-13-25-18-10-5-4-9-17(18)23-21(25)24-19(26)11-12-22-20(27)16-8-6-7-15(2)14-16/h4-10,14H,3,11-13H2,1-2H3,(H,22,27)(H,23,24,26). The topological polar surface area (TPSA) is 76.0 Å². The summed E-state index contributed by atoms with van der Waals surface area (Å²) in [5.74, 6) is 0.199. The van der Waals surface area contributed by atoms with Crippen molar-refractivity contribution in [2.75, 3.05) is 11.9 Å². The van der Waals surface area contributed by atoms with Crippen LogP contribution in [0.1, 0.15) is 35.7 Å². The summed E-state index contributed by atoms with van der Waals surface area (Å²) in [6.07, 6.45) is 1.13. The summed E-state index contributed by atoms with van der Waals surface area (Å²) in [5.41, 5.74) is 3.48. The Kier molecular flexibility index (Phi) is 5.86. The van der Waals surface area contributed by atoms with Crippen molar-refractivity contribution in [2.45, 2.75) is 33.2 Å². The maximum absolute atomic E-state index is 12.3. The molecule has 0 radical (unpaired) electrons. The second-order valence-corrected chi connectivity index (χ2v) is 6.50. The van der Waals surface area contributed by atoms with Gasteiger partial charge in [-0.3, -0.25) is 14.9 Å². The summed E-state index contributed by atoms with van der Waals surface area (Å²) in [6, 6.07) is 15.2. The molecule has 2 aromatic carbocycles. The van der Waals surface area contributed by atoms with E-state index >= 15 is 0 Å². The number of imidazole rings is 1. The molecule has 3 aromatic rings. The first-order valence-electron chi connectivity index (χ1n) is 9.18. The number of hydrogen-bond donors (Lipinski definition) is 2. The first kappa shape index (κ1) is 18.6. The third-order valence-electron chi connectivity index (χ3n) is 4.27. The van der Waals surface area contributed by atoms with Crippen LogP contribution in [0.5, 0.6) is 0 Å². The zero-order valence-electron chi connectivity index (χ0n) is 15.7. The largest absolute Gasteiger partial charge is 0.352 e. The van der Waals surface area contributed by atoms with Crippen LogP contribution < -0.4 is 10.6 Å². The van der Waals surface area contributed by atoms with Gasteiger partial charge in [0.05, 0.1) is 11.0 Å². The third-order valence-corrected chi connectivity index (χ3v) is 4.27. The molecule has 1 heterocycles. The molecule has 2 N–H and O–H groups in total. The second-order valence-electron chi connectivity index (χ2n) is 6.50. The van der Waals surface area contributed by atoms with Gasteiger partial charge in [-0.05, 0) is 37.6 Å². The highest BCUT2D eigenvalue weighted by molar-refractivity contribution is 5.95. The van der Waals surface area contributed by atoms with Crippen molar-refractivity contribution < 1.29 is 9.59 Å². The molecule has 0 aliphatic heterocycles. The molecule has 0 spiro atoms. The van der Waals surface area contributed by atoms with Crippen molar-refractivity contribution in [3.05, 3.63) is 59.7 Å². The van der Waals surface area contributed by atoms with E-state index in [4.69, 9.17) is 0 Å². The Hall–Kier alpha value is -3.15. The Morgan fingerprint density at radius 2 is 1.93 bits per heavy atom. The van der Waals surface area contributed by atoms with E-state index in [1.807, 2.05) is 54.0 Å². The van der Waals surface area contributed by atoms with Crippen molar-refractivity contribution in [2.24, 2.45) is 0 Å². The number of benzene rings is 2. The number of fused-ring (bicyclic) bond motifs is 1. The Balaban J connectivity index is 1.59. The average Bonchev–Trinajstić information content (AvgIpc) is 2.99. The lowest BCUT2D eigenvalue weighted by Gasteiger charge is -2.09. The predicted octanol–water partition coefficient (Wildman–Crippen LogP) is 3.51. The van der Waals surface area contributed by atoms with Crippen LogP contribution in [0.4, 0.5) is 5.95 Å². The summed E-state index contributed by atoms with van der Waals surface area (Å²) < 4.78 is 2.01. The number of aryl methyl sites for hydroxylation is 2. The van der Waals surface area contributed by atoms with Gasteiger partial charge >= 0.3 is 0 Å². The first-order chi connectivity index (χ1) is 13.1. The molecular weight excluding hydrogens is 340 g/mol. The number of para-hydroxylation sites is 2. The second kappa shape index (κ2) is 8.49. The minimum atomic E-state index is -0.176. The molecule has 6 nitrogen and oxygen atoms in total. The summed E-state index contributed by atoms with van der Waals surface area (Å²) in [6.45, 7) is 5.07. The fraction of sp³-hybridized carbons (Fsp3) is 0.286. The number of nitrogens with zero attached hydrogens (tertiary/aromatic N) is 2. The molecule has 0 fully saturated rings. The molecule has 0 aliphatic carbocycles. The predicted molar refractivity (Wildman–Crippen MR) is 107 cm³/mol. The lowest BCUT2D eigenvalue weighted by molar-refractivity contribution is -0.116. The van der Waals surface area contributed by atoms with E-state index in [1.165, 1.54) is 0 Å². The molecule has 0 unspecified atom stereocenters. The molecule has 27 heavy (non-hydrogen) atoms. The van der Waals surface area contributed by atoms with E-state index in [1.54, 1.807) is 6.07 Å². The fourth-order valence-electron chi connectivity index (χ4n) is 2.99. The van der Waals surface area contributed by atoms with Gasteiger partial charge in [0.1, 0.15) is 0 Å². The molecule has 2 amide bonds. The Morgan fingerprint density at radius 3 is 2.70 bits per heavy atom. The van der Waals surface area contributed by atoms with E-state index < -0.39 is 0 Å². The summed E-state index contributed by atoms with van der Waals surface area (Å²) in [5, 5.41) is 5.65. The number of hydrogen-bond acceptors (Lipinski definition) is 3. The van der Waals surface area contributed by atoms with Crippen LogP contribution in [0.25, 0.3) is 11.0 Å². The zero-order valence-corrected chi connectivity index (χ0v) is 15.7. The van der Waals surface area contributed by atoms with Gasteiger partial charge < -0.3 is 9.88 Å². The van der Waals surface area contributed by atoms with E-state index in [2.05, 4.69) is 22.5 Å². The average molecular weight is 364 g/mol. The van der Waals surface area contributed by atoms with Crippen LogP contribution in [0.2, 0.25) is 0 Å². The Bertz CT molecular complexity index is 962. The molecule has 140 valence electrons. The third kappa shape index (κ3) is 4.53. The van der Waals surface area contributed by atoms with E-state index in [9.17, 15) is 9.59 Å². The molecule has 0 aliphatic rings. The van der Waals surface area contributed by atoms with Crippen molar-refractivity contribution in [3.63, 3.8) is 0 Å². The molecule has 0 saturated heterocycles. The van der Waals surface area contributed by atoms with Crippen LogP contribution in [0, 0.1) is 6.92 Å². The van der Waals surface area contributed by atoms with E-state index in [0.29, 0.717) is 11.5 Å². The van der Waals surface area contributed by atoms with Crippen molar-refractivity contribution in [1.82, 2.24) is 14.9 Å². The SMILES string of the molecule is CCCn1c(NC(=O)CCNC(=O)c2cccc(C)c2)nc2ccccc21. The molecule has 3 rings (SSSR count). The van der Waals surface area contributed by atoms with Gasteiger partial charge in [0.2, 0.25) is 11.9 Å². The monoisotopic (exact) mass is 364 g/mol. The fourth-order valence-corrected chi connectivity index (χ4v) is 2.99. The minimum absolute atomic E-state index is 0.174. The molecule has 0 atom stereocenters. The number of carbonyl (C=O) groups is 2. The number of rotatable bonds is 7. The van der Waals surface area contributed by atoms with Gasteiger partial charge in [-0.1, -0.05) is 36.8 Å².